The van der Waals surface area contributed by atoms with E-state index in [1.54, 1.807) is 5.51 Å². The summed E-state index contributed by atoms with van der Waals surface area (Å²) in [7, 11) is 0. The van der Waals surface area contributed by atoms with Gasteiger partial charge in [-0.3, -0.25) is 0 Å². The molecule has 1 aromatic rings. The van der Waals surface area contributed by atoms with Crippen molar-refractivity contribution in [1.82, 2.24) is 10.2 Å². The molecule has 0 aliphatic heterocycles. The summed E-state index contributed by atoms with van der Waals surface area (Å²) in [5.41, 5.74) is 1.61. The molecule has 0 saturated carbocycles. The second-order valence-electron chi connectivity index (χ2n) is 1.20. The van der Waals surface area contributed by atoms with Crippen LogP contribution in [0.15, 0.2) is 5.51 Å². The largest absolute Gasteiger partial charge is 0.303 e. The molecule has 0 aromatic carbocycles. The number of hydrogen-bond acceptors (Lipinski definition) is 4. The summed E-state index contributed by atoms with van der Waals surface area (Å²) < 4.78 is 0. The minimum atomic E-state index is 0.394. The van der Waals surface area contributed by atoms with Crippen LogP contribution >= 0.6 is 11.3 Å². The first-order valence-corrected chi connectivity index (χ1v) is 3.00. The van der Waals surface area contributed by atoms with E-state index in [-0.39, 0.29) is 0 Å². The molecule has 0 amide bonds. The average Bonchev–Trinajstić information content (AvgIpc) is 2.19. The summed E-state index contributed by atoms with van der Waals surface area (Å²) in [6, 6.07) is 0. The van der Waals surface area contributed by atoms with Gasteiger partial charge >= 0.3 is 0 Å². The maximum Gasteiger partial charge on any atom is 0.126 e. The molecule has 0 bridgehead atoms. The van der Waals surface area contributed by atoms with Crippen molar-refractivity contribution in [2.45, 2.75) is 6.42 Å². The summed E-state index contributed by atoms with van der Waals surface area (Å²) >= 11 is 1.39. The van der Waals surface area contributed by atoms with E-state index in [1.807, 2.05) is 0 Å². The number of hydrogen-bond donors (Lipinski definition) is 0. The van der Waals surface area contributed by atoms with Crippen molar-refractivity contribution in [2.24, 2.45) is 0 Å². The number of aromatic nitrogens is 2. The molecule has 0 saturated heterocycles. The number of rotatable bonds is 2. The Balaban J connectivity index is 2.62. The quantitative estimate of drug-likeness (QED) is 0.537. The van der Waals surface area contributed by atoms with E-state index < -0.39 is 0 Å². The molecular weight excluding hydrogens is 124 g/mol. The maximum absolute atomic E-state index is 9.81. The highest BCUT2D eigenvalue weighted by Crippen LogP contribution is 1.98. The summed E-state index contributed by atoms with van der Waals surface area (Å²) in [6.45, 7) is 0. The standard InChI is InChI=1S/C4H4N2OS/c7-2-1-4-6-5-3-8-4/h2-3H,1H2. The second kappa shape index (κ2) is 2.52. The first-order chi connectivity index (χ1) is 3.93. The number of nitrogens with zero attached hydrogens (tertiary/aromatic N) is 2. The SMILES string of the molecule is O=CCc1nncs1. The molecule has 8 heavy (non-hydrogen) atoms. The van der Waals surface area contributed by atoms with Gasteiger partial charge in [0.15, 0.2) is 0 Å². The van der Waals surface area contributed by atoms with E-state index in [0.29, 0.717) is 6.42 Å². The fourth-order valence-corrected chi connectivity index (χ4v) is 0.831. The van der Waals surface area contributed by atoms with Crippen molar-refractivity contribution >= 4 is 17.6 Å². The smallest absolute Gasteiger partial charge is 0.126 e. The van der Waals surface area contributed by atoms with Gasteiger partial charge in [0, 0.05) is 0 Å². The maximum atomic E-state index is 9.81. The molecule has 3 nitrogen and oxygen atoms in total. The first-order valence-electron chi connectivity index (χ1n) is 2.12. The van der Waals surface area contributed by atoms with Gasteiger partial charge in [-0.1, -0.05) is 0 Å². The molecule has 1 heterocycles. The Kier molecular flexibility index (Phi) is 1.69. The van der Waals surface area contributed by atoms with Gasteiger partial charge in [-0.15, -0.1) is 21.5 Å². The lowest BCUT2D eigenvalue weighted by atomic mass is 10.5. The van der Waals surface area contributed by atoms with Crippen LogP contribution in [-0.2, 0) is 11.2 Å². The number of aldehydes is 1. The molecule has 0 fully saturated rings. The van der Waals surface area contributed by atoms with Crippen LogP contribution in [0.5, 0.6) is 0 Å². The molecule has 0 aliphatic carbocycles. The third-order valence-corrected chi connectivity index (χ3v) is 1.38. The second-order valence-corrected chi connectivity index (χ2v) is 2.12. The Labute approximate surface area is 50.4 Å². The zero-order valence-corrected chi connectivity index (χ0v) is 4.89. The van der Waals surface area contributed by atoms with Crippen molar-refractivity contribution in [3.05, 3.63) is 10.5 Å². The summed E-state index contributed by atoms with van der Waals surface area (Å²) in [5, 5.41) is 7.97. The third kappa shape index (κ3) is 1.10. The number of carbonyl (C=O) groups is 1. The average molecular weight is 128 g/mol. The van der Waals surface area contributed by atoms with Gasteiger partial charge in [0.2, 0.25) is 0 Å². The van der Waals surface area contributed by atoms with Crippen LogP contribution in [-0.4, -0.2) is 16.5 Å². The molecule has 0 radical (unpaired) electrons. The van der Waals surface area contributed by atoms with E-state index in [2.05, 4.69) is 10.2 Å². The van der Waals surface area contributed by atoms with Crippen LogP contribution in [0.25, 0.3) is 0 Å². The summed E-state index contributed by atoms with van der Waals surface area (Å²) in [6.07, 6.45) is 1.21. The van der Waals surface area contributed by atoms with Crippen molar-refractivity contribution in [1.29, 1.82) is 0 Å². The van der Waals surface area contributed by atoms with Gasteiger partial charge in [-0.05, 0) is 0 Å². The Hall–Kier alpha value is -0.770. The van der Waals surface area contributed by atoms with Crippen molar-refractivity contribution in [3.8, 4) is 0 Å². The Bertz CT molecular complexity index is 161. The van der Waals surface area contributed by atoms with E-state index in [4.69, 9.17) is 0 Å². The normalized spacial score (nSPS) is 9.00. The van der Waals surface area contributed by atoms with Crippen LogP contribution in [0, 0.1) is 0 Å². The molecule has 0 N–H and O–H groups in total. The minimum absolute atomic E-state index is 0.394. The highest BCUT2D eigenvalue weighted by Gasteiger charge is 1.90. The Morgan fingerprint density at radius 3 is 3.25 bits per heavy atom. The molecule has 0 spiro atoms. The van der Waals surface area contributed by atoms with Crippen LogP contribution < -0.4 is 0 Å². The van der Waals surface area contributed by atoms with Crippen LogP contribution in [0.4, 0.5) is 0 Å². The van der Waals surface area contributed by atoms with Gasteiger partial charge in [-0.25, -0.2) is 0 Å². The van der Waals surface area contributed by atoms with E-state index in [9.17, 15) is 4.79 Å². The molecule has 0 atom stereocenters. The van der Waals surface area contributed by atoms with E-state index in [0.717, 1.165) is 11.3 Å². The van der Waals surface area contributed by atoms with E-state index in [1.165, 1.54) is 11.3 Å². The van der Waals surface area contributed by atoms with Crippen molar-refractivity contribution in [3.63, 3.8) is 0 Å². The monoisotopic (exact) mass is 128 g/mol. The number of carbonyl (C=O) groups excluding carboxylic acids is 1. The van der Waals surface area contributed by atoms with Crippen molar-refractivity contribution in [2.75, 3.05) is 0 Å². The van der Waals surface area contributed by atoms with E-state index >= 15 is 0 Å². The van der Waals surface area contributed by atoms with Gasteiger partial charge in [-0.2, -0.15) is 0 Å². The Morgan fingerprint density at radius 2 is 2.75 bits per heavy atom. The van der Waals surface area contributed by atoms with Gasteiger partial charge in [0.05, 0.1) is 6.42 Å². The topological polar surface area (TPSA) is 42.9 Å². The molecule has 1 rings (SSSR count). The minimum Gasteiger partial charge on any atom is -0.303 e. The first kappa shape index (κ1) is 5.37. The fraction of sp³-hybridized carbons (Fsp3) is 0.250. The predicted molar refractivity (Wildman–Crippen MR) is 29.7 cm³/mol. The molecule has 0 unspecified atom stereocenters. The lowest BCUT2D eigenvalue weighted by Gasteiger charge is -1.74. The highest BCUT2D eigenvalue weighted by atomic mass is 32.1. The van der Waals surface area contributed by atoms with Gasteiger partial charge < -0.3 is 4.79 Å². The van der Waals surface area contributed by atoms with Crippen LogP contribution in [0.3, 0.4) is 0 Å². The van der Waals surface area contributed by atoms with Crippen LogP contribution in [0.2, 0.25) is 0 Å². The Morgan fingerprint density at radius 1 is 1.88 bits per heavy atom. The van der Waals surface area contributed by atoms with Crippen LogP contribution in [0.1, 0.15) is 5.01 Å². The molecule has 0 aliphatic rings. The van der Waals surface area contributed by atoms with Crippen molar-refractivity contribution < 1.29 is 4.79 Å². The summed E-state index contributed by atoms with van der Waals surface area (Å²) in [4.78, 5) is 9.81. The van der Waals surface area contributed by atoms with Gasteiger partial charge in [0.25, 0.3) is 0 Å². The molecular formula is C4H4N2OS. The molecule has 4 heteroatoms. The zero-order valence-electron chi connectivity index (χ0n) is 4.07. The molecule has 42 valence electrons. The zero-order chi connectivity index (χ0) is 5.82. The lowest BCUT2D eigenvalue weighted by molar-refractivity contribution is -0.107. The lowest BCUT2D eigenvalue weighted by Crippen LogP contribution is -1.82. The predicted octanol–water partition coefficient (Wildman–Crippen LogP) is 0.280. The molecule has 1 aromatic heterocycles. The summed E-state index contributed by atoms with van der Waals surface area (Å²) in [5.74, 6) is 0. The highest BCUT2D eigenvalue weighted by molar-refractivity contribution is 7.09. The van der Waals surface area contributed by atoms with Gasteiger partial charge in [0.1, 0.15) is 16.8 Å². The third-order valence-electron chi connectivity index (χ3n) is 0.663. The fourth-order valence-electron chi connectivity index (χ4n) is 0.356.